The summed E-state index contributed by atoms with van der Waals surface area (Å²) in [6, 6.07) is 7.98. The van der Waals surface area contributed by atoms with Crippen molar-refractivity contribution in [2.45, 2.75) is 13.8 Å². The molecule has 0 radical (unpaired) electrons. The van der Waals surface area contributed by atoms with E-state index in [2.05, 4.69) is 0 Å². The Bertz CT molecular complexity index is 541. The van der Waals surface area contributed by atoms with Crippen LogP contribution < -0.4 is 0 Å². The zero-order valence-corrected chi connectivity index (χ0v) is 9.08. The van der Waals surface area contributed by atoms with Crippen LogP contribution in [0.2, 0.25) is 0 Å². The number of benzene rings is 1. The molecule has 1 aromatic carbocycles. The van der Waals surface area contributed by atoms with Crippen LogP contribution in [0.3, 0.4) is 0 Å². The number of ketones is 1. The lowest BCUT2D eigenvalue weighted by Crippen LogP contribution is -2.04. The normalized spacial score (nSPS) is 10.4. The van der Waals surface area contributed by atoms with Crippen molar-refractivity contribution in [3.63, 3.8) is 0 Å². The summed E-state index contributed by atoms with van der Waals surface area (Å²) in [6.45, 7) is 3.36. The molecule has 0 atom stereocenters. The van der Waals surface area contributed by atoms with Gasteiger partial charge in [-0.1, -0.05) is 12.1 Å². The molecule has 3 heteroatoms. The highest BCUT2D eigenvalue weighted by Gasteiger charge is 2.17. The minimum absolute atomic E-state index is 0.0503. The van der Waals surface area contributed by atoms with Gasteiger partial charge >= 0.3 is 0 Å². The minimum Gasteiger partial charge on any atom is -0.458 e. The fourth-order valence-electron chi connectivity index (χ4n) is 1.51. The maximum atomic E-state index is 13.7. The average molecular weight is 218 g/mol. The number of carbonyl (C=O) groups is 1. The first-order valence-corrected chi connectivity index (χ1v) is 4.96. The third-order valence-electron chi connectivity index (χ3n) is 2.40. The van der Waals surface area contributed by atoms with Crippen molar-refractivity contribution >= 4 is 5.78 Å². The topological polar surface area (TPSA) is 30.2 Å². The second-order valence-corrected chi connectivity index (χ2v) is 3.68. The molecule has 0 aliphatic carbocycles. The Morgan fingerprint density at radius 1 is 1.19 bits per heavy atom. The van der Waals surface area contributed by atoms with E-state index < -0.39 is 11.6 Å². The summed E-state index contributed by atoms with van der Waals surface area (Å²) < 4.78 is 18.9. The number of aryl methyl sites for hydroxylation is 2. The van der Waals surface area contributed by atoms with E-state index in [4.69, 9.17) is 4.42 Å². The van der Waals surface area contributed by atoms with Gasteiger partial charge in [0.15, 0.2) is 5.76 Å². The zero-order chi connectivity index (χ0) is 11.7. The summed E-state index contributed by atoms with van der Waals surface area (Å²) in [4.78, 5) is 11.9. The van der Waals surface area contributed by atoms with Crippen molar-refractivity contribution < 1.29 is 13.6 Å². The van der Waals surface area contributed by atoms with E-state index in [-0.39, 0.29) is 11.3 Å². The number of carbonyl (C=O) groups excluding carboxylic acids is 1. The Balaban J connectivity index is 2.45. The smallest absolute Gasteiger partial charge is 0.231 e. The summed E-state index contributed by atoms with van der Waals surface area (Å²) in [5.74, 6) is -0.103. The van der Waals surface area contributed by atoms with E-state index in [0.717, 1.165) is 0 Å². The van der Waals surface area contributed by atoms with Gasteiger partial charge in [-0.05, 0) is 37.6 Å². The molecule has 0 spiro atoms. The molecule has 2 nitrogen and oxygen atoms in total. The fraction of sp³-hybridized carbons (Fsp3) is 0.154. The number of hydrogen-bond acceptors (Lipinski definition) is 2. The van der Waals surface area contributed by atoms with E-state index >= 15 is 0 Å². The predicted molar refractivity (Wildman–Crippen MR) is 58.0 cm³/mol. The van der Waals surface area contributed by atoms with E-state index in [9.17, 15) is 9.18 Å². The average Bonchev–Trinajstić information content (AvgIpc) is 2.68. The van der Waals surface area contributed by atoms with Crippen LogP contribution in [0.15, 0.2) is 34.7 Å². The molecule has 0 N–H and O–H groups in total. The summed E-state index contributed by atoms with van der Waals surface area (Å²) in [5.41, 5.74) is 0.503. The first-order chi connectivity index (χ1) is 7.59. The molecule has 2 rings (SSSR count). The van der Waals surface area contributed by atoms with Gasteiger partial charge in [-0.15, -0.1) is 0 Å². The molecular weight excluding hydrogens is 207 g/mol. The van der Waals surface area contributed by atoms with Gasteiger partial charge < -0.3 is 4.42 Å². The SMILES string of the molecule is Cc1ccc(C(=O)c2cccc(C)c2F)o1. The van der Waals surface area contributed by atoms with E-state index in [1.54, 1.807) is 38.1 Å². The zero-order valence-electron chi connectivity index (χ0n) is 9.08. The molecule has 0 aliphatic heterocycles. The maximum Gasteiger partial charge on any atom is 0.231 e. The van der Waals surface area contributed by atoms with Crippen LogP contribution in [-0.4, -0.2) is 5.78 Å². The Hall–Kier alpha value is -1.90. The van der Waals surface area contributed by atoms with Crippen LogP contribution in [0, 0.1) is 19.7 Å². The lowest BCUT2D eigenvalue weighted by Gasteiger charge is -2.02. The number of hydrogen-bond donors (Lipinski definition) is 0. The van der Waals surface area contributed by atoms with Gasteiger partial charge in [0.25, 0.3) is 0 Å². The van der Waals surface area contributed by atoms with Crippen molar-refractivity contribution in [2.75, 3.05) is 0 Å². The Morgan fingerprint density at radius 3 is 2.56 bits per heavy atom. The van der Waals surface area contributed by atoms with Gasteiger partial charge in [0.05, 0.1) is 5.56 Å². The molecule has 0 bridgehead atoms. The van der Waals surface area contributed by atoms with E-state index in [1.807, 2.05) is 0 Å². The largest absolute Gasteiger partial charge is 0.458 e. The fourth-order valence-corrected chi connectivity index (χ4v) is 1.51. The Morgan fingerprint density at radius 2 is 1.94 bits per heavy atom. The van der Waals surface area contributed by atoms with Gasteiger partial charge in [-0.25, -0.2) is 4.39 Å². The number of furan rings is 1. The Labute approximate surface area is 92.7 Å². The number of halogens is 1. The molecule has 1 aromatic heterocycles. The third kappa shape index (κ3) is 1.76. The van der Waals surface area contributed by atoms with Crippen molar-refractivity contribution in [3.05, 3.63) is 58.8 Å². The van der Waals surface area contributed by atoms with Crippen LogP contribution >= 0.6 is 0 Å². The van der Waals surface area contributed by atoms with Crippen LogP contribution in [0.4, 0.5) is 4.39 Å². The second-order valence-electron chi connectivity index (χ2n) is 3.68. The summed E-state index contributed by atoms with van der Waals surface area (Å²) in [5, 5.41) is 0. The quantitative estimate of drug-likeness (QED) is 0.724. The molecular formula is C13H11FO2. The van der Waals surface area contributed by atoms with Crippen molar-refractivity contribution in [1.29, 1.82) is 0 Å². The molecule has 0 saturated heterocycles. The van der Waals surface area contributed by atoms with Crippen LogP contribution in [0.1, 0.15) is 27.4 Å². The molecule has 0 fully saturated rings. The summed E-state index contributed by atoms with van der Waals surface area (Å²) in [7, 11) is 0. The molecule has 0 unspecified atom stereocenters. The first-order valence-electron chi connectivity index (χ1n) is 4.96. The highest BCUT2D eigenvalue weighted by Crippen LogP contribution is 2.17. The molecule has 16 heavy (non-hydrogen) atoms. The molecule has 2 aromatic rings. The van der Waals surface area contributed by atoms with Crippen molar-refractivity contribution in [1.82, 2.24) is 0 Å². The van der Waals surface area contributed by atoms with Gasteiger partial charge in [0, 0.05) is 0 Å². The second kappa shape index (κ2) is 3.93. The van der Waals surface area contributed by atoms with Gasteiger partial charge in [-0.3, -0.25) is 4.79 Å². The highest BCUT2D eigenvalue weighted by atomic mass is 19.1. The van der Waals surface area contributed by atoms with Crippen molar-refractivity contribution in [2.24, 2.45) is 0 Å². The van der Waals surface area contributed by atoms with Crippen LogP contribution in [0.25, 0.3) is 0 Å². The molecule has 0 amide bonds. The van der Waals surface area contributed by atoms with E-state index in [1.165, 1.54) is 6.07 Å². The van der Waals surface area contributed by atoms with Gasteiger partial charge in [-0.2, -0.15) is 0 Å². The molecule has 1 heterocycles. The standard InChI is InChI=1S/C13H11FO2/c1-8-4-3-5-10(12(8)14)13(15)11-7-6-9(2)16-11/h3-7H,1-2H3. The molecule has 82 valence electrons. The van der Waals surface area contributed by atoms with Crippen molar-refractivity contribution in [3.8, 4) is 0 Å². The summed E-state index contributed by atoms with van der Waals surface area (Å²) in [6.07, 6.45) is 0. The monoisotopic (exact) mass is 218 g/mol. The third-order valence-corrected chi connectivity index (χ3v) is 2.40. The number of rotatable bonds is 2. The minimum atomic E-state index is -0.485. The predicted octanol–water partition coefficient (Wildman–Crippen LogP) is 3.27. The maximum absolute atomic E-state index is 13.7. The van der Waals surface area contributed by atoms with Gasteiger partial charge in [0.1, 0.15) is 11.6 Å². The first kappa shape index (κ1) is 10.6. The Kier molecular flexibility index (Phi) is 2.60. The lowest BCUT2D eigenvalue weighted by molar-refractivity contribution is 0.100. The molecule has 0 saturated carbocycles. The highest BCUT2D eigenvalue weighted by molar-refractivity contribution is 6.07. The summed E-state index contributed by atoms with van der Waals surface area (Å²) >= 11 is 0. The van der Waals surface area contributed by atoms with E-state index in [0.29, 0.717) is 11.3 Å². The van der Waals surface area contributed by atoms with Crippen LogP contribution in [0.5, 0.6) is 0 Å². The lowest BCUT2D eigenvalue weighted by atomic mass is 10.1. The molecule has 0 aliphatic rings. The van der Waals surface area contributed by atoms with Crippen LogP contribution in [-0.2, 0) is 0 Å². The van der Waals surface area contributed by atoms with Gasteiger partial charge in [0.2, 0.25) is 5.78 Å².